The van der Waals surface area contributed by atoms with Crippen molar-refractivity contribution in [1.29, 1.82) is 0 Å². The lowest BCUT2D eigenvalue weighted by molar-refractivity contribution is -0.122. The van der Waals surface area contributed by atoms with Gasteiger partial charge in [0.2, 0.25) is 5.91 Å². The lowest BCUT2D eigenvalue weighted by atomic mass is 10.1. The molecule has 0 fully saturated rings. The molecule has 0 aliphatic rings. The van der Waals surface area contributed by atoms with Crippen molar-refractivity contribution in [3.63, 3.8) is 0 Å². The summed E-state index contributed by atoms with van der Waals surface area (Å²) in [6, 6.07) is 13.2. The molecule has 0 aliphatic carbocycles. The monoisotopic (exact) mass is 371 g/mol. The molecule has 0 radical (unpaired) electrons. The van der Waals surface area contributed by atoms with Crippen molar-refractivity contribution in [1.82, 2.24) is 15.1 Å². The fourth-order valence-electron chi connectivity index (χ4n) is 2.50. The van der Waals surface area contributed by atoms with Gasteiger partial charge in [-0.15, -0.1) is 0 Å². The van der Waals surface area contributed by atoms with Gasteiger partial charge in [0.15, 0.2) is 5.69 Å². The number of amides is 1. The van der Waals surface area contributed by atoms with Gasteiger partial charge >= 0.3 is 5.97 Å². The highest BCUT2D eigenvalue weighted by Crippen LogP contribution is 2.13. The van der Waals surface area contributed by atoms with Gasteiger partial charge in [-0.25, -0.2) is 9.48 Å². The number of carbonyl (C=O) groups is 2. The van der Waals surface area contributed by atoms with Crippen LogP contribution in [0.3, 0.4) is 0 Å². The Morgan fingerprint density at radius 2 is 1.73 bits per heavy atom. The molecule has 3 rings (SSSR count). The molecular weight excluding hydrogens is 358 g/mol. The molecule has 7 nitrogen and oxygen atoms in total. The number of benzene rings is 2. The van der Waals surface area contributed by atoms with E-state index in [1.165, 1.54) is 12.1 Å². The van der Waals surface area contributed by atoms with Gasteiger partial charge < -0.3 is 10.4 Å². The predicted molar refractivity (Wildman–Crippen MR) is 96.3 cm³/mol. The van der Waals surface area contributed by atoms with E-state index < -0.39 is 17.4 Å². The van der Waals surface area contributed by atoms with E-state index in [2.05, 4.69) is 10.4 Å². The van der Waals surface area contributed by atoms with E-state index in [4.69, 9.17) is 11.6 Å². The second-order valence-electron chi connectivity index (χ2n) is 5.57. The molecule has 1 amide bonds. The fourth-order valence-corrected chi connectivity index (χ4v) is 2.62. The van der Waals surface area contributed by atoms with Gasteiger partial charge in [-0.05, 0) is 23.8 Å². The highest BCUT2D eigenvalue weighted by atomic mass is 35.5. The number of aromatic carboxylic acids is 1. The van der Waals surface area contributed by atoms with Gasteiger partial charge in [-0.1, -0.05) is 41.9 Å². The van der Waals surface area contributed by atoms with Crippen molar-refractivity contribution in [2.45, 2.75) is 13.1 Å². The number of fused-ring (bicyclic) bond motifs is 1. The third-order valence-corrected chi connectivity index (χ3v) is 4.02. The van der Waals surface area contributed by atoms with Crippen LogP contribution in [0.1, 0.15) is 16.1 Å². The Balaban J connectivity index is 1.82. The first-order valence-corrected chi connectivity index (χ1v) is 8.08. The van der Waals surface area contributed by atoms with Crippen molar-refractivity contribution in [3.8, 4) is 0 Å². The van der Waals surface area contributed by atoms with Gasteiger partial charge in [-0.2, -0.15) is 5.10 Å². The van der Waals surface area contributed by atoms with Gasteiger partial charge in [-0.3, -0.25) is 9.59 Å². The molecule has 2 aromatic carbocycles. The maximum absolute atomic E-state index is 12.5. The predicted octanol–water partition coefficient (Wildman–Crippen LogP) is 2.06. The standard InChI is InChI=1S/C18H14ClN3O4/c19-12-7-5-11(6-8-12)9-20-15(23)10-22-17(24)14-4-2-1-3-13(14)16(21-22)18(25)26/h1-8H,9-10H2,(H,20,23)(H,25,26). The molecule has 1 heterocycles. The molecule has 2 N–H and O–H groups in total. The van der Waals surface area contributed by atoms with E-state index in [9.17, 15) is 19.5 Å². The summed E-state index contributed by atoms with van der Waals surface area (Å²) in [7, 11) is 0. The van der Waals surface area contributed by atoms with Crippen molar-refractivity contribution >= 4 is 34.2 Å². The van der Waals surface area contributed by atoms with Crippen molar-refractivity contribution in [3.05, 3.63) is 75.2 Å². The lowest BCUT2D eigenvalue weighted by Gasteiger charge is -2.09. The summed E-state index contributed by atoms with van der Waals surface area (Å²) in [6.45, 7) is -0.123. The quantitative estimate of drug-likeness (QED) is 0.715. The number of rotatable bonds is 5. The number of halogens is 1. The fraction of sp³-hybridized carbons (Fsp3) is 0.111. The summed E-state index contributed by atoms with van der Waals surface area (Å²) in [5, 5.41) is 16.8. The van der Waals surface area contributed by atoms with Crippen LogP contribution in [0.2, 0.25) is 5.02 Å². The average Bonchev–Trinajstić information content (AvgIpc) is 2.63. The minimum Gasteiger partial charge on any atom is -0.476 e. The van der Waals surface area contributed by atoms with Crippen LogP contribution in [0.4, 0.5) is 0 Å². The third-order valence-electron chi connectivity index (χ3n) is 3.77. The molecule has 8 heteroatoms. The Morgan fingerprint density at radius 3 is 2.38 bits per heavy atom. The zero-order chi connectivity index (χ0) is 18.7. The molecule has 1 aromatic heterocycles. The van der Waals surface area contributed by atoms with Gasteiger partial charge in [0.1, 0.15) is 6.54 Å². The Kier molecular flexibility index (Phi) is 4.99. The maximum atomic E-state index is 12.5. The average molecular weight is 372 g/mol. The highest BCUT2D eigenvalue weighted by Gasteiger charge is 2.16. The normalized spacial score (nSPS) is 10.7. The smallest absolute Gasteiger partial charge is 0.357 e. The molecule has 0 saturated heterocycles. The Bertz CT molecular complexity index is 1040. The van der Waals surface area contributed by atoms with E-state index in [1.807, 2.05) is 0 Å². The van der Waals surface area contributed by atoms with E-state index >= 15 is 0 Å². The topological polar surface area (TPSA) is 101 Å². The molecular formula is C18H14ClN3O4. The summed E-state index contributed by atoms with van der Waals surface area (Å²) >= 11 is 5.81. The molecule has 132 valence electrons. The number of hydrogen-bond acceptors (Lipinski definition) is 4. The summed E-state index contributed by atoms with van der Waals surface area (Å²) < 4.78 is 0.864. The number of nitrogens with one attached hydrogen (secondary N) is 1. The van der Waals surface area contributed by atoms with Crippen LogP contribution in [-0.2, 0) is 17.9 Å². The third kappa shape index (κ3) is 3.73. The minimum atomic E-state index is -1.27. The van der Waals surface area contributed by atoms with Gasteiger partial charge in [0, 0.05) is 17.0 Å². The summed E-state index contributed by atoms with van der Waals surface area (Å²) in [5.41, 5.74) is 0.0470. The zero-order valence-electron chi connectivity index (χ0n) is 13.5. The molecule has 26 heavy (non-hydrogen) atoms. The second-order valence-corrected chi connectivity index (χ2v) is 6.00. The number of carboxylic acid groups (broad SMARTS) is 1. The maximum Gasteiger partial charge on any atom is 0.357 e. The van der Waals surface area contributed by atoms with Crippen molar-refractivity contribution in [2.24, 2.45) is 0 Å². The molecule has 0 atom stereocenters. The zero-order valence-corrected chi connectivity index (χ0v) is 14.2. The number of carboxylic acids is 1. The van der Waals surface area contributed by atoms with Crippen LogP contribution in [0, 0.1) is 0 Å². The highest BCUT2D eigenvalue weighted by molar-refractivity contribution is 6.30. The molecule has 3 aromatic rings. The Labute approximate surface area is 152 Å². The Hall–Kier alpha value is -3.19. The van der Waals surface area contributed by atoms with Crippen LogP contribution in [0.5, 0.6) is 0 Å². The van der Waals surface area contributed by atoms with Crippen LogP contribution in [-0.4, -0.2) is 26.8 Å². The van der Waals surface area contributed by atoms with Crippen molar-refractivity contribution < 1.29 is 14.7 Å². The van der Waals surface area contributed by atoms with Crippen LogP contribution in [0.25, 0.3) is 10.8 Å². The minimum absolute atomic E-state index is 0.199. The number of carbonyl (C=O) groups excluding carboxylic acids is 1. The molecule has 0 bridgehead atoms. The SMILES string of the molecule is O=C(Cn1nc(C(=O)O)c2ccccc2c1=O)NCc1ccc(Cl)cc1. The first kappa shape index (κ1) is 17.6. The van der Waals surface area contributed by atoms with Gasteiger partial charge in [0.05, 0.1) is 5.39 Å². The van der Waals surface area contributed by atoms with Crippen LogP contribution in [0.15, 0.2) is 53.3 Å². The first-order chi connectivity index (χ1) is 12.5. The van der Waals surface area contributed by atoms with E-state index in [0.29, 0.717) is 5.02 Å². The summed E-state index contributed by atoms with van der Waals surface area (Å²) in [6.07, 6.45) is 0. The van der Waals surface area contributed by atoms with Crippen LogP contribution >= 0.6 is 11.6 Å². The molecule has 0 spiro atoms. The summed E-state index contributed by atoms with van der Waals surface area (Å²) in [4.78, 5) is 36.0. The van der Waals surface area contributed by atoms with E-state index in [0.717, 1.165) is 10.2 Å². The molecule has 0 unspecified atom stereocenters. The van der Waals surface area contributed by atoms with Crippen molar-refractivity contribution in [2.75, 3.05) is 0 Å². The van der Waals surface area contributed by atoms with Crippen LogP contribution < -0.4 is 10.9 Å². The lowest BCUT2D eigenvalue weighted by Crippen LogP contribution is -2.34. The number of aromatic nitrogens is 2. The largest absolute Gasteiger partial charge is 0.476 e. The van der Waals surface area contributed by atoms with Gasteiger partial charge in [0.25, 0.3) is 5.56 Å². The molecule has 0 saturated carbocycles. The van der Waals surface area contributed by atoms with E-state index in [-0.39, 0.29) is 29.6 Å². The summed E-state index contributed by atoms with van der Waals surface area (Å²) in [5.74, 6) is -1.72. The Morgan fingerprint density at radius 1 is 1.08 bits per heavy atom. The second kappa shape index (κ2) is 7.37. The first-order valence-electron chi connectivity index (χ1n) is 7.70. The number of hydrogen-bond donors (Lipinski definition) is 2. The number of nitrogens with zero attached hydrogens (tertiary/aromatic N) is 2. The van der Waals surface area contributed by atoms with E-state index in [1.54, 1.807) is 36.4 Å². The molecule has 0 aliphatic heterocycles.